The summed E-state index contributed by atoms with van der Waals surface area (Å²) in [4.78, 5) is 0. The fraction of sp³-hybridized carbons (Fsp3) is 0.581. The van der Waals surface area contributed by atoms with Crippen molar-refractivity contribution < 1.29 is 32.5 Å². The predicted molar refractivity (Wildman–Crippen MR) is 426 cm³/mol. The molecule has 2 heterocycles. The van der Waals surface area contributed by atoms with Gasteiger partial charge < -0.3 is 28.4 Å². The summed E-state index contributed by atoms with van der Waals surface area (Å²) in [5.41, 5.74) is 5.19. The Morgan fingerprint density at radius 3 is 0.768 bits per heavy atom. The van der Waals surface area contributed by atoms with Gasteiger partial charge in [-0.3, -0.25) is 0 Å². The minimum atomic E-state index is -2.03. The molecule has 0 bridgehead atoms. The average Bonchev–Trinajstić information content (AvgIpc) is 1.54. The van der Waals surface area contributed by atoms with Gasteiger partial charge in [0.1, 0.15) is 24.2 Å². The first kappa shape index (κ1) is 79.7. The fourth-order valence-corrected chi connectivity index (χ4v) is 29.5. The van der Waals surface area contributed by atoms with Crippen LogP contribution in [0.25, 0.3) is 22.3 Å². The monoisotopic (exact) mass is 1350 g/mol. The Bertz CT molecular complexity index is 2860. The Morgan fingerprint density at radius 2 is 0.568 bits per heavy atom. The second-order valence-electron chi connectivity index (χ2n) is 31.5. The third-order valence-corrected chi connectivity index (χ3v) is 39.3. The van der Waals surface area contributed by atoms with E-state index in [1.54, 1.807) is 80.5 Å². The van der Waals surface area contributed by atoms with Gasteiger partial charge in [0.2, 0.25) is 0 Å². The van der Waals surface area contributed by atoms with Gasteiger partial charge in [-0.1, -0.05) is 266 Å². The molecule has 0 aromatic heterocycles. The van der Waals surface area contributed by atoms with Crippen LogP contribution >= 0.6 is 0 Å². The Hall–Kier alpha value is -4.27. The molecule has 6 nitrogen and oxygen atoms in total. The Kier molecular flexibility index (Phi) is 32.7. The highest BCUT2D eigenvalue weighted by Gasteiger charge is 2.55. The number of rotatable bonds is 7. The summed E-state index contributed by atoms with van der Waals surface area (Å²) < 4.78 is 49.5. The SMILES string of the molecule is CC1([Si](C)(c2ccccc2)c2ccccc2)CCCCC1.CC1([Si]2(C)c3ccccc3-c3ccccc32)CCCCC1.CC1([Si]2(C)c3ccccc3-c3ccccc32)CCCCC1.CCOC.CCOC.COC(C)(C)C.COC(C)(C)C.COC(C)(C)C.[2H]C([2H])([2H])C(C)(C)OC. The first-order valence-corrected chi connectivity index (χ1v) is 43.5. The summed E-state index contributed by atoms with van der Waals surface area (Å²) >= 11 is 0. The molecule has 6 aromatic rings. The molecule has 3 aliphatic carbocycles. The van der Waals surface area contributed by atoms with E-state index in [4.69, 9.17) is 23.1 Å². The molecule has 0 amide bonds. The van der Waals surface area contributed by atoms with E-state index in [0.29, 0.717) is 15.1 Å². The summed E-state index contributed by atoms with van der Waals surface area (Å²) in [6.45, 7) is 40.4. The number of hydrogen-bond donors (Lipinski definition) is 0. The van der Waals surface area contributed by atoms with E-state index in [1.165, 1.54) is 126 Å². The molecule has 0 atom stereocenters. The maximum absolute atomic E-state index is 6.94. The van der Waals surface area contributed by atoms with Crippen molar-refractivity contribution in [2.45, 2.75) is 271 Å². The molecule has 3 saturated carbocycles. The van der Waals surface area contributed by atoms with Gasteiger partial charge in [-0.2, -0.15) is 0 Å². The van der Waals surface area contributed by atoms with Crippen LogP contribution in [0.3, 0.4) is 0 Å². The molecule has 9 heteroatoms. The highest BCUT2D eigenvalue weighted by Crippen LogP contribution is 2.54. The van der Waals surface area contributed by atoms with Crippen LogP contribution in [0.2, 0.25) is 34.8 Å². The molecule has 5 aliphatic rings. The molecule has 0 saturated heterocycles. The third kappa shape index (κ3) is 23.7. The maximum atomic E-state index is 6.94. The molecule has 6 aromatic carbocycles. The standard InChI is InChI=1S/2C20H24Si.C20H26Si.4C5H12O.2C3H8O/c2*1-20(14-8-3-9-15-20)21(2)18-12-6-4-10-16(18)17-11-5-7-13-19(17)21;1-20(16-10-5-11-17-20)21(2,18-12-6-3-7-13-18)19-14-8-4-9-15-19;4*1-5(2,3)6-4;2*1-3-4-2/h2*4-7,10-13H,3,8-9,14-15H2,1-2H3;3-4,6-9,12-15H,5,10-11,16-17H2,1-2H3;4*1-4H3;2*3H2,1-2H3/i;;;1D3;;;;;. The van der Waals surface area contributed by atoms with E-state index in [-0.39, 0.29) is 16.8 Å². The number of fused-ring (bicyclic) bond motifs is 6. The minimum absolute atomic E-state index is 0.0417. The van der Waals surface area contributed by atoms with E-state index >= 15 is 0 Å². The van der Waals surface area contributed by atoms with E-state index < -0.39 is 36.7 Å². The van der Waals surface area contributed by atoms with Crippen LogP contribution in [0, 0.1) is 0 Å². The lowest BCUT2D eigenvalue weighted by Crippen LogP contribution is -2.63. The number of methoxy groups -OCH3 is 6. The smallest absolute Gasteiger partial charge is 0.122 e. The quantitative estimate of drug-likeness (QED) is 0.149. The lowest BCUT2D eigenvalue weighted by Gasteiger charge is -2.48. The van der Waals surface area contributed by atoms with Crippen molar-refractivity contribution in [1.82, 2.24) is 0 Å². The van der Waals surface area contributed by atoms with Crippen LogP contribution in [0.1, 0.15) is 218 Å². The van der Waals surface area contributed by atoms with Crippen LogP contribution in [-0.4, -0.2) is 102 Å². The molecule has 95 heavy (non-hydrogen) atoms. The molecule has 11 rings (SSSR count). The zero-order valence-corrected chi connectivity index (χ0v) is 68.0. The van der Waals surface area contributed by atoms with Crippen LogP contribution in [0.15, 0.2) is 158 Å². The summed E-state index contributed by atoms with van der Waals surface area (Å²) in [5, 5.41) is 11.5. The summed E-state index contributed by atoms with van der Waals surface area (Å²) in [6, 6.07) is 59.6. The Morgan fingerprint density at radius 1 is 0.358 bits per heavy atom. The van der Waals surface area contributed by atoms with Gasteiger partial charge in [-0.05, 0) is 194 Å². The lowest BCUT2D eigenvalue weighted by atomic mass is 9.90. The van der Waals surface area contributed by atoms with Crippen molar-refractivity contribution in [3.05, 3.63) is 158 Å². The second-order valence-corrected chi connectivity index (χ2v) is 45.2. The molecule has 530 valence electrons. The largest absolute Gasteiger partial charge is 0.385 e. The highest BCUT2D eigenvalue weighted by atomic mass is 28.3. The lowest BCUT2D eigenvalue weighted by molar-refractivity contribution is 0.0394. The van der Waals surface area contributed by atoms with Crippen molar-refractivity contribution in [2.24, 2.45) is 0 Å². The number of ether oxygens (including phenoxy) is 6. The van der Waals surface area contributed by atoms with E-state index in [2.05, 4.69) is 208 Å². The van der Waals surface area contributed by atoms with Crippen LogP contribution < -0.4 is 31.1 Å². The van der Waals surface area contributed by atoms with Crippen LogP contribution in [0.5, 0.6) is 0 Å². The number of hydrogen-bond acceptors (Lipinski definition) is 6. The summed E-state index contributed by atoms with van der Waals surface area (Å²) in [6.07, 6.45) is 21.2. The van der Waals surface area contributed by atoms with Gasteiger partial charge in [0.05, 0.1) is 22.4 Å². The molecule has 0 spiro atoms. The molecule has 2 aliphatic heterocycles. The molecule has 0 unspecified atom stereocenters. The molecular formula is C86H138O6Si3. The third-order valence-electron chi connectivity index (χ3n) is 21.6. The van der Waals surface area contributed by atoms with E-state index in [0.717, 1.165) is 13.2 Å². The Balaban J connectivity index is 0.000000310. The zero-order chi connectivity index (χ0) is 73.9. The predicted octanol–water partition coefficient (Wildman–Crippen LogP) is 20.8. The van der Waals surface area contributed by atoms with Gasteiger partial charge in [-0.15, -0.1) is 0 Å². The van der Waals surface area contributed by atoms with Crippen molar-refractivity contribution in [3.63, 3.8) is 0 Å². The molecule has 0 N–H and O–H groups in total. The van der Waals surface area contributed by atoms with E-state index in [1.807, 2.05) is 76.2 Å². The van der Waals surface area contributed by atoms with Gasteiger partial charge in [0.15, 0.2) is 0 Å². The fourth-order valence-electron chi connectivity index (χ4n) is 14.1. The average molecular weight is 1360 g/mol. The van der Waals surface area contributed by atoms with Crippen LogP contribution in [0.4, 0.5) is 0 Å². The molecular weight excluding hydrogens is 1210 g/mol. The first-order chi connectivity index (χ1) is 45.8. The topological polar surface area (TPSA) is 55.4 Å². The first-order valence-electron chi connectivity index (χ1n) is 37.5. The van der Waals surface area contributed by atoms with Gasteiger partial charge in [0, 0.05) is 60.0 Å². The van der Waals surface area contributed by atoms with Gasteiger partial charge in [0.25, 0.3) is 0 Å². The number of benzene rings is 6. The van der Waals surface area contributed by atoms with Crippen LogP contribution in [-0.2, 0) is 28.4 Å². The van der Waals surface area contributed by atoms with Crippen molar-refractivity contribution in [2.75, 3.05) is 55.9 Å². The highest BCUT2D eigenvalue weighted by molar-refractivity contribution is 7.07. The van der Waals surface area contributed by atoms with Gasteiger partial charge >= 0.3 is 0 Å². The van der Waals surface area contributed by atoms with Crippen molar-refractivity contribution in [1.29, 1.82) is 0 Å². The summed E-state index contributed by atoms with van der Waals surface area (Å²) in [5.74, 6) is 0. The van der Waals surface area contributed by atoms with Crippen molar-refractivity contribution >= 4 is 55.3 Å². The minimum Gasteiger partial charge on any atom is -0.385 e. The van der Waals surface area contributed by atoms with E-state index in [9.17, 15) is 0 Å². The second kappa shape index (κ2) is 38.9. The maximum Gasteiger partial charge on any atom is 0.122 e. The Labute approximate surface area is 591 Å². The molecule has 0 radical (unpaired) electrons. The van der Waals surface area contributed by atoms with Crippen molar-refractivity contribution in [3.8, 4) is 22.3 Å². The normalized spacial score (nSPS) is 17.9. The molecule has 3 fully saturated rings. The zero-order valence-electron chi connectivity index (χ0n) is 68.0. The van der Waals surface area contributed by atoms with Gasteiger partial charge in [-0.25, -0.2) is 0 Å². The summed E-state index contributed by atoms with van der Waals surface area (Å²) in [7, 11) is 4.85.